The van der Waals surface area contributed by atoms with E-state index in [1.807, 2.05) is 48.5 Å². The predicted molar refractivity (Wildman–Crippen MR) is 138 cm³/mol. The van der Waals surface area contributed by atoms with Crippen LogP contribution in [0.2, 0.25) is 0 Å². The van der Waals surface area contributed by atoms with Crippen molar-refractivity contribution >= 4 is 11.9 Å². The van der Waals surface area contributed by atoms with E-state index in [-0.39, 0.29) is 11.5 Å². The number of phenolic OH excluding ortho intramolecular Hbond substituents is 1. The summed E-state index contributed by atoms with van der Waals surface area (Å²) in [5.74, 6) is -0.144. The Morgan fingerprint density at radius 3 is 2.47 bits per heavy atom. The molecule has 0 bridgehead atoms. The molecule has 0 radical (unpaired) electrons. The van der Waals surface area contributed by atoms with Gasteiger partial charge in [-0.1, -0.05) is 60.7 Å². The first-order valence-corrected chi connectivity index (χ1v) is 12.2. The molecule has 1 saturated heterocycles. The van der Waals surface area contributed by atoms with Gasteiger partial charge in [0, 0.05) is 38.8 Å². The standard InChI is InChI=1S/C30H32N2O2/c1-22-24(8-5-9-27(22)25-6-3-2-4-7-25)11-15-30(34)28-20-23(10-14-29(28)33)21-31-16-18-32(19-17-31)26-12-13-26/h2-11,14-15,20,26,33H,12-13,16-19,21H2,1H3/b15-11+. The fourth-order valence-corrected chi connectivity index (χ4v) is 4.88. The topological polar surface area (TPSA) is 43.8 Å². The molecule has 1 aliphatic heterocycles. The average molecular weight is 453 g/mol. The SMILES string of the molecule is Cc1c(/C=C/C(=O)c2cc(CN3CCN(C4CC4)CC3)ccc2O)cccc1-c1ccccc1. The number of nitrogens with zero attached hydrogens (tertiary/aromatic N) is 2. The summed E-state index contributed by atoms with van der Waals surface area (Å²) in [6, 6.07) is 22.6. The Bertz CT molecular complexity index is 1190. The van der Waals surface area contributed by atoms with E-state index in [4.69, 9.17) is 0 Å². The highest BCUT2D eigenvalue weighted by Gasteiger charge is 2.31. The number of hydrogen-bond donors (Lipinski definition) is 1. The van der Waals surface area contributed by atoms with Gasteiger partial charge in [0.25, 0.3) is 0 Å². The molecular formula is C30H32N2O2. The van der Waals surface area contributed by atoms with Gasteiger partial charge in [0.2, 0.25) is 0 Å². The lowest BCUT2D eigenvalue weighted by molar-refractivity contribution is 0.104. The van der Waals surface area contributed by atoms with Gasteiger partial charge in [0.15, 0.2) is 5.78 Å². The third-order valence-corrected chi connectivity index (χ3v) is 7.08. The second kappa shape index (κ2) is 9.96. The molecule has 4 heteroatoms. The van der Waals surface area contributed by atoms with Crippen molar-refractivity contribution in [3.63, 3.8) is 0 Å². The summed E-state index contributed by atoms with van der Waals surface area (Å²) in [6.07, 6.45) is 6.14. The van der Waals surface area contributed by atoms with E-state index in [2.05, 4.69) is 34.9 Å². The summed E-state index contributed by atoms with van der Waals surface area (Å²) in [5, 5.41) is 10.4. The number of carbonyl (C=O) groups is 1. The van der Waals surface area contributed by atoms with Gasteiger partial charge in [-0.2, -0.15) is 0 Å². The van der Waals surface area contributed by atoms with Crippen LogP contribution in [0.4, 0.5) is 0 Å². The lowest BCUT2D eigenvalue weighted by atomic mass is 9.96. The van der Waals surface area contributed by atoms with Crippen LogP contribution in [0.3, 0.4) is 0 Å². The van der Waals surface area contributed by atoms with Gasteiger partial charge in [-0.05, 0) is 65.8 Å². The van der Waals surface area contributed by atoms with Gasteiger partial charge in [0.1, 0.15) is 5.75 Å². The summed E-state index contributed by atoms with van der Waals surface area (Å²) < 4.78 is 0. The highest BCUT2D eigenvalue weighted by Crippen LogP contribution is 2.29. The zero-order valence-corrected chi connectivity index (χ0v) is 19.8. The third-order valence-electron chi connectivity index (χ3n) is 7.08. The van der Waals surface area contributed by atoms with Crippen molar-refractivity contribution in [2.75, 3.05) is 26.2 Å². The molecule has 0 unspecified atom stereocenters. The van der Waals surface area contributed by atoms with Gasteiger partial charge in [-0.3, -0.25) is 14.6 Å². The third kappa shape index (κ3) is 5.14. The van der Waals surface area contributed by atoms with Gasteiger partial charge >= 0.3 is 0 Å². The molecule has 34 heavy (non-hydrogen) atoms. The van der Waals surface area contributed by atoms with E-state index in [1.54, 1.807) is 12.1 Å². The second-order valence-corrected chi connectivity index (χ2v) is 9.48. The molecule has 2 fully saturated rings. The molecule has 1 saturated carbocycles. The van der Waals surface area contributed by atoms with Gasteiger partial charge in [-0.15, -0.1) is 0 Å². The predicted octanol–water partition coefficient (Wildman–Crippen LogP) is 5.54. The second-order valence-electron chi connectivity index (χ2n) is 9.48. The van der Waals surface area contributed by atoms with E-state index in [1.165, 1.54) is 12.8 Å². The number of rotatable bonds is 7. The zero-order chi connectivity index (χ0) is 23.5. The molecule has 3 aromatic carbocycles. The van der Waals surface area contributed by atoms with Crippen LogP contribution in [0.25, 0.3) is 17.2 Å². The average Bonchev–Trinajstić information content (AvgIpc) is 3.71. The van der Waals surface area contributed by atoms with Crippen LogP contribution in [0.15, 0.2) is 72.8 Å². The van der Waals surface area contributed by atoms with Crippen LogP contribution in [0, 0.1) is 6.92 Å². The van der Waals surface area contributed by atoms with Crippen LogP contribution in [0.1, 0.15) is 39.9 Å². The first kappa shape index (κ1) is 22.6. The van der Waals surface area contributed by atoms with E-state index in [9.17, 15) is 9.90 Å². The fourth-order valence-electron chi connectivity index (χ4n) is 4.88. The largest absolute Gasteiger partial charge is 0.507 e. The molecular weight excluding hydrogens is 420 g/mol. The molecule has 0 aromatic heterocycles. The quantitative estimate of drug-likeness (QED) is 0.377. The normalized spacial score (nSPS) is 17.3. The molecule has 2 aliphatic rings. The highest BCUT2D eigenvalue weighted by molar-refractivity contribution is 6.08. The molecule has 0 spiro atoms. The van der Waals surface area contributed by atoms with Crippen molar-refractivity contribution in [2.24, 2.45) is 0 Å². The number of hydrogen-bond acceptors (Lipinski definition) is 4. The number of aromatic hydroxyl groups is 1. The summed E-state index contributed by atoms with van der Waals surface area (Å²) >= 11 is 0. The van der Waals surface area contributed by atoms with Crippen LogP contribution >= 0.6 is 0 Å². The van der Waals surface area contributed by atoms with Crippen LogP contribution in [-0.4, -0.2) is 52.9 Å². The monoisotopic (exact) mass is 452 g/mol. The minimum atomic E-state index is -0.178. The molecule has 1 aliphatic carbocycles. The van der Waals surface area contributed by atoms with Crippen molar-refractivity contribution < 1.29 is 9.90 Å². The van der Waals surface area contributed by atoms with Gasteiger partial charge < -0.3 is 5.11 Å². The maximum atomic E-state index is 13.0. The van der Waals surface area contributed by atoms with Crippen molar-refractivity contribution in [2.45, 2.75) is 32.4 Å². The smallest absolute Gasteiger partial charge is 0.189 e. The molecule has 0 amide bonds. The number of phenols is 1. The molecule has 3 aromatic rings. The Hall–Kier alpha value is -3.21. The van der Waals surface area contributed by atoms with Gasteiger partial charge in [-0.25, -0.2) is 0 Å². The Morgan fingerprint density at radius 1 is 0.971 bits per heavy atom. The van der Waals surface area contributed by atoms with Crippen molar-refractivity contribution in [3.05, 3.63) is 95.1 Å². The first-order chi connectivity index (χ1) is 16.6. The minimum Gasteiger partial charge on any atom is -0.507 e. The Balaban J connectivity index is 1.28. The lowest BCUT2D eigenvalue weighted by Crippen LogP contribution is -2.46. The number of allylic oxidation sites excluding steroid dienone is 1. The molecule has 1 heterocycles. The van der Waals surface area contributed by atoms with Gasteiger partial charge in [0.05, 0.1) is 5.56 Å². The Morgan fingerprint density at radius 2 is 1.74 bits per heavy atom. The summed E-state index contributed by atoms with van der Waals surface area (Å²) in [6.45, 7) is 7.24. The molecule has 4 nitrogen and oxygen atoms in total. The van der Waals surface area contributed by atoms with E-state index < -0.39 is 0 Å². The van der Waals surface area contributed by atoms with Crippen molar-refractivity contribution in [1.29, 1.82) is 0 Å². The number of piperazine rings is 1. The maximum Gasteiger partial charge on any atom is 0.189 e. The molecule has 0 atom stereocenters. The zero-order valence-electron chi connectivity index (χ0n) is 19.8. The minimum absolute atomic E-state index is 0.0340. The van der Waals surface area contributed by atoms with E-state index in [0.717, 1.165) is 66.6 Å². The number of ketones is 1. The van der Waals surface area contributed by atoms with E-state index in [0.29, 0.717) is 5.56 Å². The molecule has 5 rings (SSSR count). The van der Waals surface area contributed by atoms with E-state index >= 15 is 0 Å². The van der Waals surface area contributed by atoms with Crippen LogP contribution in [-0.2, 0) is 6.54 Å². The summed E-state index contributed by atoms with van der Waals surface area (Å²) in [5.41, 5.74) is 5.87. The lowest BCUT2D eigenvalue weighted by Gasteiger charge is -2.34. The molecule has 1 N–H and O–H groups in total. The first-order valence-electron chi connectivity index (χ1n) is 12.2. The fraction of sp³-hybridized carbons (Fsp3) is 0.300. The number of carbonyl (C=O) groups excluding carboxylic acids is 1. The van der Waals surface area contributed by atoms with Crippen molar-refractivity contribution in [3.8, 4) is 16.9 Å². The summed E-state index contributed by atoms with van der Waals surface area (Å²) in [4.78, 5) is 18.0. The van der Waals surface area contributed by atoms with Crippen LogP contribution in [0.5, 0.6) is 5.75 Å². The Kier molecular flexibility index (Phi) is 6.61. The molecule has 174 valence electrons. The summed E-state index contributed by atoms with van der Waals surface area (Å²) in [7, 11) is 0. The number of benzene rings is 3. The van der Waals surface area contributed by atoms with Crippen LogP contribution < -0.4 is 0 Å². The van der Waals surface area contributed by atoms with Crippen molar-refractivity contribution in [1.82, 2.24) is 9.80 Å². The highest BCUT2D eigenvalue weighted by atomic mass is 16.3. The maximum absolute atomic E-state index is 13.0. The Labute approximate surface area is 202 Å².